The molecule has 0 radical (unpaired) electrons. The maximum atomic E-state index is 5.86. The molecule has 0 saturated carbocycles. The van der Waals surface area contributed by atoms with Gasteiger partial charge >= 0.3 is 0 Å². The summed E-state index contributed by atoms with van der Waals surface area (Å²) < 4.78 is 7.04. The van der Waals surface area contributed by atoms with E-state index >= 15 is 0 Å². The molecule has 0 atom stereocenters. The van der Waals surface area contributed by atoms with Crippen molar-refractivity contribution in [2.75, 3.05) is 0 Å². The molecule has 4 rings (SSSR count). The Hall–Kier alpha value is -2.53. The number of thiazole rings is 1. The summed E-state index contributed by atoms with van der Waals surface area (Å²) in [5.74, 6) is 2.00. The average molecular weight is 378 g/mol. The number of benzene rings is 2. The van der Waals surface area contributed by atoms with Gasteiger partial charge in [-0.1, -0.05) is 63.1 Å². The highest BCUT2D eigenvalue weighted by molar-refractivity contribution is 7.18. The van der Waals surface area contributed by atoms with Crippen LogP contribution in [0.5, 0.6) is 0 Å². The van der Waals surface area contributed by atoms with E-state index in [4.69, 9.17) is 9.40 Å². The summed E-state index contributed by atoms with van der Waals surface area (Å²) >= 11 is 1.69. The van der Waals surface area contributed by atoms with Gasteiger partial charge in [0.15, 0.2) is 0 Å². The minimum Gasteiger partial charge on any atom is -0.425 e. The summed E-state index contributed by atoms with van der Waals surface area (Å²) in [7, 11) is 0. The van der Waals surface area contributed by atoms with Gasteiger partial charge in [0, 0.05) is 6.42 Å². The Kier molecular flexibility index (Phi) is 5.30. The van der Waals surface area contributed by atoms with Crippen molar-refractivity contribution in [3.05, 3.63) is 65.3 Å². The molecule has 138 valence electrons. The Morgan fingerprint density at radius 1 is 0.926 bits per heavy atom. The first-order valence-electron chi connectivity index (χ1n) is 9.51. The third kappa shape index (κ3) is 4.08. The van der Waals surface area contributed by atoms with Crippen LogP contribution in [0.15, 0.2) is 52.9 Å². The molecule has 4 nitrogen and oxygen atoms in total. The lowest BCUT2D eigenvalue weighted by atomic mass is 10.00. The molecule has 0 spiro atoms. The summed E-state index contributed by atoms with van der Waals surface area (Å²) in [6.07, 6.45) is 3.72. The Morgan fingerprint density at radius 3 is 2.48 bits per heavy atom. The van der Waals surface area contributed by atoms with Crippen LogP contribution in [-0.4, -0.2) is 15.2 Å². The number of nitrogens with zero attached hydrogens (tertiary/aromatic N) is 3. The molecule has 0 fully saturated rings. The maximum Gasteiger partial charge on any atom is 0.223 e. The summed E-state index contributed by atoms with van der Waals surface area (Å²) in [6, 6.07) is 16.8. The molecule has 0 aliphatic carbocycles. The fourth-order valence-corrected chi connectivity index (χ4v) is 4.25. The maximum absolute atomic E-state index is 5.86. The van der Waals surface area contributed by atoms with Gasteiger partial charge in [0.2, 0.25) is 11.8 Å². The fraction of sp³-hybridized carbons (Fsp3) is 0.318. The van der Waals surface area contributed by atoms with E-state index in [-0.39, 0.29) is 0 Å². The monoisotopic (exact) mass is 377 g/mol. The summed E-state index contributed by atoms with van der Waals surface area (Å²) in [6.45, 7) is 4.41. The molecule has 0 saturated heterocycles. The topological polar surface area (TPSA) is 51.8 Å². The van der Waals surface area contributed by atoms with Gasteiger partial charge in [-0.3, -0.25) is 0 Å². The minimum atomic E-state index is 0.593. The average Bonchev–Trinajstić information content (AvgIpc) is 3.32. The van der Waals surface area contributed by atoms with Crippen LogP contribution in [0.3, 0.4) is 0 Å². The van der Waals surface area contributed by atoms with Crippen LogP contribution >= 0.6 is 11.3 Å². The lowest BCUT2D eigenvalue weighted by Gasteiger charge is -2.07. The first-order chi connectivity index (χ1) is 13.2. The van der Waals surface area contributed by atoms with E-state index in [0.717, 1.165) is 35.7 Å². The second-order valence-corrected chi connectivity index (χ2v) is 7.92. The van der Waals surface area contributed by atoms with E-state index in [1.165, 1.54) is 15.8 Å². The molecule has 4 aromatic rings. The third-order valence-corrected chi connectivity index (χ3v) is 5.99. The molecule has 2 heterocycles. The first-order valence-corrected chi connectivity index (χ1v) is 10.3. The fourth-order valence-electron chi connectivity index (χ4n) is 3.25. The highest BCUT2D eigenvalue weighted by Gasteiger charge is 2.14. The van der Waals surface area contributed by atoms with E-state index < -0.39 is 0 Å². The molecule has 0 N–H and O–H groups in total. The zero-order valence-electron chi connectivity index (χ0n) is 15.7. The number of hydrogen-bond acceptors (Lipinski definition) is 5. The van der Waals surface area contributed by atoms with Crippen molar-refractivity contribution in [1.29, 1.82) is 0 Å². The molecule has 2 aromatic heterocycles. The van der Waals surface area contributed by atoms with Crippen LogP contribution in [0.1, 0.15) is 43.5 Å². The second-order valence-electron chi connectivity index (χ2n) is 6.81. The van der Waals surface area contributed by atoms with Crippen LogP contribution in [0, 0.1) is 5.92 Å². The van der Waals surface area contributed by atoms with Gasteiger partial charge in [0.05, 0.1) is 16.6 Å². The minimum absolute atomic E-state index is 0.593. The quantitative estimate of drug-likeness (QED) is 0.401. The molecular weight excluding hydrogens is 354 g/mol. The predicted molar refractivity (Wildman–Crippen MR) is 110 cm³/mol. The number of hydrogen-bond donors (Lipinski definition) is 0. The molecule has 0 amide bonds. The molecule has 0 aliphatic rings. The molecule has 2 aromatic carbocycles. The Balaban J connectivity index is 1.52. The van der Waals surface area contributed by atoms with Gasteiger partial charge in [-0.15, -0.1) is 21.5 Å². The zero-order valence-corrected chi connectivity index (χ0v) is 16.5. The zero-order chi connectivity index (χ0) is 18.6. The van der Waals surface area contributed by atoms with Crippen molar-refractivity contribution in [3.8, 4) is 11.1 Å². The van der Waals surface area contributed by atoms with E-state index in [1.807, 2.05) is 6.07 Å². The molecule has 0 unspecified atom stereocenters. The van der Waals surface area contributed by atoms with Crippen molar-refractivity contribution in [2.45, 2.75) is 39.5 Å². The standard InChI is InChI=1S/C22H23N3OS/c1-3-15(4-2)12-20-24-25-21(26-20)14-22-23-18-11-10-17(13-19(18)27-22)16-8-6-5-7-9-16/h5-11,13,15H,3-4,12,14H2,1-2H3. The molecule has 5 heteroatoms. The molecular formula is C22H23N3OS. The Labute approximate surface area is 163 Å². The molecule has 0 aliphatic heterocycles. The lowest BCUT2D eigenvalue weighted by molar-refractivity contribution is 0.395. The van der Waals surface area contributed by atoms with E-state index in [2.05, 4.69) is 66.5 Å². The van der Waals surface area contributed by atoms with Crippen molar-refractivity contribution >= 4 is 21.6 Å². The van der Waals surface area contributed by atoms with Crippen LogP contribution in [0.25, 0.3) is 21.3 Å². The van der Waals surface area contributed by atoms with Crippen molar-refractivity contribution in [2.24, 2.45) is 5.92 Å². The van der Waals surface area contributed by atoms with E-state index in [0.29, 0.717) is 18.2 Å². The van der Waals surface area contributed by atoms with Gasteiger partial charge < -0.3 is 4.42 Å². The Morgan fingerprint density at radius 2 is 1.70 bits per heavy atom. The molecule has 0 bridgehead atoms. The summed E-state index contributed by atoms with van der Waals surface area (Å²) in [5, 5.41) is 9.44. The van der Waals surface area contributed by atoms with E-state index in [1.54, 1.807) is 11.3 Å². The summed E-state index contributed by atoms with van der Waals surface area (Å²) in [4.78, 5) is 4.74. The van der Waals surface area contributed by atoms with Crippen LogP contribution in [0.2, 0.25) is 0 Å². The highest BCUT2D eigenvalue weighted by atomic mass is 32.1. The first kappa shape index (κ1) is 17.9. The number of aromatic nitrogens is 3. The van der Waals surface area contributed by atoms with Gasteiger partial charge in [-0.2, -0.15) is 0 Å². The van der Waals surface area contributed by atoms with E-state index in [9.17, 15) is 0 Å². The lowest BCUT2D eigenvalue weighted by Crippen LogP contribution is -2.01. The van der Waals surface area contributed by atoms with Gasteiger partial charge in [0.1, 0.15) is 5.01 Å². The van der Waals surface area contributed by atoms with Gasteiger partial charge in [0.25, 0.3) is 0 Å². The van der Waals surface area contributed by atoms with Crippen molar-refractivity contribution in [1.82, 2.24) is 15.2 Å². The largest absolute Gasteiger partial charge is 0.425 e. The third-order valence-electron chi connectivity index (χ3n) is 4.97. The van der Waals surface area contributed by atoms with Crippen LogP contribution in [-0.2, 0) is 12.8 Å². The number of rotatable bonds is 7. The second kappa shape index (κ2) is 8.01. The normalized spacial score (nSPS) is 11.5. The van der Waals surface area contributed by atoms with Crippen molar-refractivity contribution in [3.63, 3.8) is 0 Å². The van der Waals surface area contributed by atoms with Crippen molar-refractivity contribution < 1.29 is 4.42 Å². The van der Waals surface area contributed by atoms with Crippen LogP contribution in [0.4, 0.5) is 0 Å². The predicted octanol–water partition coefficient (Wildman–Crippen LogP) is 5.92. The smallest absolute Gasteiger partial charge is 0.223 e. The molecule has 27 heavy (non-hydrogen) atoms. The Bertz CT molecular complexity index is 1020. The highest BCUT2D eigenvalue weighted by Crippen LogP contribution is 2.29. The van der Waals surface area contributed by atoms with Crippen LogP contribution < -0.4 is 0 Å². The van der Waals surface area contributed by atoms with Gasteiger partial charge in [-0.05, 0) is 29.2 Å². The summed E-state index contributed by atoms with van der Waals surface area (Å²) in [5.41, 5.74) is 3.45. The SMILES string of the molecule is CCC(CC)Cc1nnc(Cc2nc3ccc(-c4ccccc4)cc3s2)o1. The van der Waals surface area contributed by atoms with Gasteiger partial charge in [-0.25, -0.2) is 4.98 Å². The number of fused-ring (bicyclic) bond motifs is 1.